The van der Waals surface area contributed by atoms with Crippen LogP contribution in [0.15, 0.2) is 16.9 Å². The monoisotopic (exact) mass is 223 g/mol. The smallest absolute Gasteiger partial charge is 0.273 e. The Labute approximate surface area is 92.1 Å². The first kappa shape index (κ1) is 9.80. The zero-order valence-corrected chi connectivity index (χ0v) is 8.63. The number of amides is 1. The van der Waals surface area contributed by atoms with Crippen molar-refractivity contribution in [1.82, 2.24) is 10.5 Å². The molecule has 3 N–H and O–H groups in total. The molecule has 16 heavy (non-hydrogen) atoms. The van der Waals surface area contributed by atoms with E-state index in [0.717, 1.165) is 13.0 Å². The van der Waals surface area contributed by atoms with E-state index in [1.807, 2.05) is 0 Å². The Morgan fingerprint density at radius 2 is 2.50 bits per heavy atom. The van der Waals surface area contributed by atoms with E-state index in [1.165, 1.54) is 12.3 Å². The Morgan fingerprint density at radius 1 is 1.62 bits per heavy atom. The van der Waals surface area contributed by atoms with Crippen molar-refractivity contribution in [2.45, 2.75) is 24.6 Å². The summed E-state index contributed by atoms with van der Waals surface area (Å²) in [4.78, 5) is 11.7. The molecule has 0 aromatic carbocycles. The molecular weight excluding hydrogens is 210 g/mol. The molecule has 2 heterocycles. The molecule has 1 aliphatic heterocycles. The first-order valence-electron chi connectivity index (χ1n) is 5.36. The van der Waals surface area contributed by atoms with Crippen molar-refractivity contribution in [3.8, 4) is 0 Å². The van der Waals surface area contributed by atoms with E-state index in [9.17, 15) is 4.79 Å². The average molecular weight is 223 g/mol. The third-order valence-corrected chi connectivity index (χ3v) is 3.41. The minimum atomic E-state index is -0.261. The highest BCUT2D eigenvalue weighted by Gasteiger charge is 2.52. The molecule has 0 spiro atoms. The number of nitrogens with one attached hydrogen (secondary N) is 1. The Hall–Kier alpha value is -1.40. The maximum atomic E-state index is 11.7. The van der Waals surface area contributed by atoms with Crippen molar-refractivity contribution >= 4 is 5.91 Å². The van der Waals surface area contributed by atoms with Gasteiger partial charge in [-0.25, -0.2) is 0 Å². The molecule has 1 amide bonds. The van der Waals surface area contributed by atoms with Gasteiger partial charge in [-0.1, -0.05) is 5.16 Å². The third kappa shape index (κ3) is 1.34. The van der Waals surface area contributed by atoms with Gasteiger partial charge in [0.05, 0.1) is 12.1 Å². The van der Waals surface area contributed by atoms with Crippen LogP contribution in [0.25, 0.3) is 0 Å². The molecule has 0 bridgehead atoms. The average Bonchev–Trinajstić information content (AvgIpc) is 2.94. The van der Waals surface area contributed by atoms with Crippen molar-refractivity contribution in [2.24, 2.45) is 11.7 Å². The van der Waals surface area contributed by atoms with Gasteiger partial charge in [-0.3, -0.25) is 4.79 Å². The highest BCUT2D eigenvalue weighted by atomic mass is 16.5. The minimum Gasteiger partial charge on any atom is -0.376 e. The number of carbonyl (C=O) groups is 1. The van der Waals surface area contributed by atoms with E-state index in [-0.39, 0.29) is 29.8 Å². The second kappa shape index (κ2) is 3.57. The maximum Gasteiger partial charge on any atom is 0.273 e. The summed E-state index contributed by atoms with van der Waals surface area (Å²) in [5, 5.41) is 6.40. The van der Waals surface area contributed by atoms with Gasteiger partial charge in [0, 0.05) is 24.6 Å². The Morgan fingerprint density at radius 3 is 3.25 bits per heavy atom. The van der Waals surface area contributed by atoms with Gasteiger partial charge in [0.15, 0.2) is 5.69 Å². The summed E-state index contributed by atoms with van der Waals surface area (Å²) in [5.41, 5.74) is 6.24. The first-order chi connectivity index (χ1) is 7.77. The van der Waals surface area contributed by atoms with Gasteiger partial charge in [0.2, 0.25) is 0 Å². The second-order valence-electron chi connectivity index (χ2n) is 4.25. The molecule has 1 saturated carbocycles. The van der Waals surface area contributed by atoms with Crippen LogP contribution in [0.1, 0.15) is 16.9 Å². The summed E-state index contributed by atoms with van der Waals surface area (Å²) in [7, 11) is 0. The molecule has 4 atom stereocenters. The molecule has 0 radical (unpaired) electrons. The number of fused-ring (bicyclic) bond motifs is 1. The summed E-state index contributed by atoms with van der Waals surface area (Å²) in [6, 6.07) is 1.41. The Kier molecular flexibility index (Phi) is 2.19. The lowest BCUT2D eigenvalue weighted by Crippen LogP contribution is -2.68. The van der Waals surface area contributed by atoms with Crippen molar-refractivity contribution in [3.05, 3.63) is 18.0 Å². The maximum absolute atomic E-state index is 11.7. The van der Waals surface area contributed by atoms with Crippen LogP contribution in [-0.2, 0) is 4.74 Å². The lowest BCUT2D eigenvalue weighted by Gasteiger charge is -2.45. The van der Waals surface area contributed by atoms with Crippen LogP contribution in [0.5, 0.6) is 0 Å². The van der Waals surface area contributed by atoms with Gasteiger partial charge in [-0.15, -0.1) is 0 Å². The highest BCUT2D eigenvalue weighted by molar-refractivity contribution is 5.92. The summed E-state index contributed by atoms with van der Waals surface area (Å²) in [5.74, 6) is 0.130. The fourth-order valence-electron chi connectivity index (χ4n) is 2.48. The van der Waals surface area contributed by atoms with Crippen LogP contribution in [0, 0.1) is 5.92 Å². The minimum absolute atomic E-state index is 0.0108. The van der Waals surface area contributed by atoms with Crippen molar-refractivity contribution in [3.63, 3.8) is 0 Å². The fraction of sp³-hybridized carbons (Fsp3) is 0.600. The molecule has 2 aliphatic rings. The van der Waals surface area contributed by atoms with Gasteiger partial charge >= 0.3 is 0 Å². The predicted octanol–water partition coefficient (Wildman–Crippen LogP) is -0.481. The molecule has 1 aliphatic carbocycles. The number of carbonyl (C=O) groups excluding carboxylic acids is 1. The van der Waals surface area contributed by atoms with Gasteiger partial charge in [0.25, 0.3) is 5.91 Å². The summed E-state index contributed by atoms with van der Waals surface area (Å²) in [6.45, 7) is 0.735. The molecule has 86 valence electrons. The number of rotatable bonds is 2. The van der Waals surface area contributed by atoms with Crippen molar-refractivity contribution in [1.29, 1.82) is 0 Å². The van der Waals surface area contributed by atoms with Crippen LogP contribution >= 0.6 is 0 Å². The fourth-order valence-corrected chi connectivity index (χ4v) is 2.48. The van der Waals surface area contributed by atoms with Gasteiger partial charge in [-0.05, 0) is 6.42 Å². The molecule has 1 aromatic rings. The topological polar surface area (TPSA) is 90.4 Å². The van der Waals surface area contributed by atoms with E-state index in [0.29, 0.717) is 5.92 Å². The molecule has 3 rings (SSSR count). The van der Waals surface area contributed by atoms with E-state index in [4.69, 9.17) is 10.5 Å². The van der Waals surface area contributed by atoms with E-state index in [2.05, 4.69) is 15.0 Å². The largest absolute Gasteiger partial charge is 0.376 e. The SMILES string of the molecule is NC1C2CCOC2C1NC(=O)c1ccon1. The van der Waals surface area contributed by atoms with E-state index < -0.39 is 0 Å². The lowest BCUT2D eigenvalue weighted by molar-refractivity contribution is -0.0162. The van der Waals surface area contributed by atoms with E-state index in [1.54, 1.807) is 0 Å². The quantitative estimate of drug-likeness (QED) is 0.706. The van der Waals surface area contributed by atoms with Gasteiger partial charge in [0.1, 0.15) is 6.26 Å². The highest BCUT2D eigenvalue weighted by Crippen LogP contribution is 2.37. The van der Waals surface area contributed by atoms with Crippen molar-refractivity contribution in [2.75, 3.05) is 6.61 Å². The molecule has 1 aromatic heterocycles. The first-order valence-corrected chi connectivity index (χ1v) is 5.36. The number of hydrogen-bond donors (Lipinski definition) is 2. The number of ether oxygens (including phenoxy) is 1. The molecule has 4 unspecified atom stereocenters. The third-order valence-electron chi connectivity index (χ3n) is 3.41. The lowest BCUT2D eigenvalue weighted by atomic mass is 9.72. The van der Waals surface area contributed by atoms with Crippen LogP contribution in [0.3, 0.4) is 0 Å². The zero-order chi connectivity index (χ0) is 11.1. The Balaban J connectivity index is 1.65. The van der Waals surface area contributed by atoms with Crippen LogP contribution < -0.4 is 11.1 Å². The van der Waals surface area contributed by atoms with Crippen LogP contribution in [-0.4, -0.2) is 35.9 Å². The number of nitrogens with two attached hydrogens (primary N) is 1. The summed E-state index contributed by atoms with van der Waals surface area (Å²) < 4.78 is 10.1. The van der Waals surface area contributed by atoms with Gasteiger partial charge < -0.3 is 20.3 Å². The second-order valence-corrected chi connectivity index (χ2v) is 4.25. The van der Waals surface area contributed by atoms with Gasteiger partial charge in [-0.2, -0.15) is 0 Å². The molecular formula is C10H13N3O3. The Bertz CT molecular complexity index is 392. The standard InChI is InChI=1S/C10H13N3O3/c11-7-5-1-3-15-9(5)8(7)12-10(14)6-2-4-16-13-6/h2,4-5,7-9H,1,3,11H2,(H,12,14). The molecule has 2 fully saturated rings. The number of aromatic nitrogens is 1. The zero-order valence-electron chi connectivity index (χ0n) is 8.63. The summed E-state index contributed by atoms with van der Waals surface area (Å²) in [6.07, 6.45) is 2.43. The summed E-state index contributed by atoms with van der Waals surface area (Å²) >= 11 is 0. The van der Waals surface area contributed by atoms with Crippen molar-refractivity contribution < 1.29 is 14.1 Å². The molecule has 6 nitrogen and oxygen atoms in total. The van der Waals surface area contributed by atoms with E-state index >= 15 is 0 Å². The molecule has 1 saturated heterocycles. The number of hydrogen-bond acceptors (Lipinski definition) is 5. The number of nitrogens with zero attached hydrogens (tertiary/aromatic N) is 1. The van der Waals surface area contributed by atoms with Crippen LogP contribution in [0.2, 0.25) is 0 Å². The predicted molar refractivity (Wildman–Crippen MR) is 53.6 cm³/mol. The normalized spacial score (nSPS) is 36.6. The van der Waals surface area contributed by atoms with Crippen LogP contribution in [0.4, 0.5) is 0 Å². The molecule has 6 heteroatoms.